The van der Waals surface area contributed by atoms with E-state index < -0.39 is 17.5 Å². The van der Waals surface area contributed by atoms with Gasteiger partial charge in [0.25, 0.3) is 5.91 Å². The molecule has 0 unspecified atom stereocenters. The monoisotopic (exact) mass is 261 g/mol. The van der Waals surface area contributed by atoms with Crippen molar-refractivity contribution in [2.24, 2.45) is 0 Å². The minimum absolute atomic E-state index is 0.00682. The average molecular weight is 261 g/mol. The van der Waals surface area contributed by atoms with Gasteiger partial charge in [-0.05, 0) is 29.8 Å². The number of phenolic OH excluding ortho intramolecular Hbond substituents is 1. The third kappa shape index (κ3) is 3.08. The topological polar surface area (TPSA) is 69.6 Å². The van der Waals surface area contributed by atoms with Gasteiger partial charge >= 0.3 is 0 Å². The summed E-state index contributed by atoms with van der Waals surface area (Å²) in [7, 11) is 0. The molecule has 3 N–H and O–H groups in total. The van der Waals surface area contributed by atoms with E-state index in [1.165, 1.54) is 6.07 Å². The summed E-state index contributed by atoms with van der Waals surface area (Å²) in [5.41, 5.74) is 1.24. The molecule has 2 rings (SSSR count). The van der Waals surface area contributed by atoms with E-state index in [0.29, 0.717) is 5.69 Å². The van der Waals surface area contributed by atoms with Crippen LogP contribution in [-0.2, 0) is 6.61 Å². The molecule has 1 amide bonds. The van der Waals surface area contributed by atoms with Gasteiger partial charge in [-0.1, -0.05) is 12.1 Å². The zero-order valence-corrected chi connectivity index (χ0v) is 9.93. The number of amides is 1. The van der Waals surface area contributed by atoms with Gasteiger partial charge in [0.15, 0.2) is 0 Å². The number of nitrogens with one attached hydrogen (secondary N) is 1. The lowest BCUT2D eigenvalue weighted by molar-refractivity contribution is 0.102. The van der Waals surface area contributed by atoms with E-state index in [2.05, 4.69) is 5.32 Å². The van der Waals surface area contributed by atoms with Crippen molar-refractivity contribution in [2.75, 3.05) is 5.32 Å². The van der Waals surface area contributed by atoms with Crippen LogP contribution in [0.2, 0.25) is 0 Å². The van der Waals surface area contributed by atoms with Crippen molar-refractivity contribution in [3.8, 4) is 5.75 Å². The molecule has 0 aliphatic rings. The first kappa shape index (κ1) is 13.0. The molecule has 0 bridgehead atoms. The fraction of sp³-hybridized carbons (Fsp3) is 0.0714. The second-order valence-corrected chi connectivity index (χ2v) is 3.97. The summed E-state index contributed by atoms with van der Waals surface area (Å²) in [6.45, 7) is -0.0764. The number of benzene rings is 2. The van der Waals surface area contributed by atoms with Gasteiger partial charge in [-0.25, -0.2) is 4.39 Å². The van der Waals surface area contributed by atoms with Crippen molar-refractivity contribution in [1.29, 1.82) is 0 Å². The van der Waals surface area contributed by atoms with E-state index in [1.54, 1.807) is 24.3 Å². The lowest BCUT2D eigenvalue weighted by Gasteiger charge is -2.07. The average Bonchev–Trinajstić information content (AvgIpc) is 2.39. The molecule has 0 heterocycles. The van der Waals surface area contributed by atoms with Crippen molar-refractivity contribution >= 4 is 11.6 Å². The van der Waals surface area contributed by atoms with E-state index in [0.717, 1.165) is 17.7 Å². The predicted octanol–water partition coefficient (Wildman–Crippen LogP) is 2.28. The number of hydrogen-bond acceptors (Lipinski definition) is 3. The van der Waals surface area contributed by atoms with Crippen LogP contribution in [0.4, 0.5) is 10.1 Å². The molecular weight excluding hydrogens is 249 g/mol. The molecule has 0 aliphatic carbocycles. The van der Waals surface area contributed by atoms with Crippen molar-refractivity contribution in [2.45, 2.75) is 6.61 Å². The van der Waals surface area contributed by atoms with Crippen LogP contribution in [0.15, 0.2) is 42.5 Å². The summed E-state index contributed by atoms with van der Waals surface area (Å²) in [5, 5.41) is 20.9. The number of anilines is 1. The summed E-state index contributed by atoms with van der Waals surface area (Å²) in [6, 6.07) is 9.78. The molecule has 5 heteroatoms. The molecule has 0 saturated carbocycles. The Hall–Kier alpha value is -2.40. The third-order valence-electron chi connectivity index (χ3n) is 2.60. The molecule has 0 radical (unpaired) electrons. The Bertz CT molecular complexity index is 596. The van der Waals surface area contributed by atoms with E-state index in [1.807, 2.05) is 0 Å². The number of hydrogen-bond donors (Lipinski definition) is 3. The van der Waals surface area contributed by atoms with Gasteiger partial charge in [-0.3, -0.25) is 4.79 Å². The Morgan fingerprint density at radius 2 is 1.84 bits per heavy atom. The largest absolute Gasteiger partial charge is 0.507 e. The molecule has 0 aliphatic heterocycles. The minimum Gasteiger partial charge on any atom is -0.507 e. The quantitative estimate of drug-likeness (QED) is 0.793. The van der Waals surface area contributed by atoms with Crippen molar-refractivity contribution in [3.63, 3.8) is 0 Å². The Kier molecular flexibility index (Phi) is 3.77. The second kappa shape index (κ2) is 5.49. The summed E-state index contributed by atoms with van der Waals surface area (Å²) in [6.07, 6.45) is 0. The van der Waals surface area contributed by atoms with Crippen molar-refractivity contribution in [3.05, 3.63) is 59.4 Å². The molecular formula is C14H12FNO3. The van der Waals surface area contributed by atoms with E-state index >= 15 is 0 Å². The zero-order chi connectivity index (χ0) is 13.8. The van der Waals surface area contributed by atoms with Crippen LogP contribution in [0, 0.1) is 5.82 Å². The minimum atomic E-state index is -0.610. The predicted molar refractivity (Wildman–Crippen MR) is 68.4 cm³/mol. The maximum atomic E-state index is 12.8. The van der Waals surface area contributed by atoms with Crippen LogP contribution in [0.1, 0.15) is 15.9 Å². The van der Waals surface area contributed by atoms with Gasteiger partial charge in [0.1, 0.15) is 11.6 Å². The summed E-state index contributed by atoms with van der Waals surface area (Å²) < 4.78 is 12.8. The Labute approximate surface area is 109 Å². The number of phenols is 1. The van der Waals surface area contributed by atoms with Gasteiger partial charge in [-0.15, -0.1) is 0 Å². The fourth-order valence-electron chi connectivity index (χ4n) is 1.59. The molecule has 2 aromatic rings. The Balaban J connectivity index is 2.15. The first-order valence-electron chi connectivity index (χ1n) is 5.60. The lowest BCUT2D eigenvalue weighted by atomic mass is 10.1. The normalized spacial score (nSPS) is 10.2. The smallest absolute Gasteiger partial charge is 0.259 e. The highest BCUT2D eigenvalue weighted by Gasteiger charge is 2.11. The lowest BCUT2D eigenvalue weighted by Crippen LogP contribution is -2.12. The van der Waals surface area contributed by atoms with Crippen LogP contribution < -0.4 is 5.32 Å². The maximum absolute atomic E-state index is 12.8. The summed E-state index contributed by atoms with van der Waals surface area (Å²) in [4.78, 5) is 11.9. The standard InChI is InChI=1S/C14H12FNO3/c15-10-3-6-12(13(18)7-10)14(19)16-11-4-1-9(8-17)2-5-11/h1-7,17-18H,8H2,(H,16,19). The fourth-order valence-corrected chi connectivity index (χ4v) is 1.59. The number of rotatable bonds is 3. The SMILES string of the molecule is O=C(Nc1ccc(CO)cc1)c1ccc(F)cc1O. The van der Waals surface area contributed by atoms with Gasteiger partial charge in [-0.2, -0.15) is 0 Å². The highest BCUT2D eigenvalue weighted by Crippen LogP contribution is 2.20. The first-order valence-corrected chi connectivity index (χ1v) is 5.60. The van der Waals surface area contributed by atoms with Gasteiger partial charge in [0.05, 0.1) is 12.2 Å². The van der Waals surface area contributed by atoms with Crippen molar-refractivity contribution < 1.29 is 19.4 Å². The van der Waals surface area contributed by atoms with Gasteiger partial charge in [0.2, 0.25) is 0 Å². The molecule has 4 nitrogen and oxygen atoms in total. The highest BCUT2D eigenvalue weighted by molar-refractivity contribution is 6.06. The van der Waals surface area contributed by atoms with E-state index in [9.17, 15) is 14.3 Å². The van der Waals surface area contributed by atoms with Crippen LogP contribution >= 0.6 is 0 Å². The van der Waals surface area contributed by atoms with Gasteiger partial charge < -0.3 is 15.5 Å². The van der Waals surface area contributed by atoms with E-state index in [-0.39, 0.29) is 12.2 Å². The molecule has 2 aromatic carbocycles. The molecule has 19 heavy (non-hydrogen) atoms. The number of carbonyl (C=O) groups excluding carboxylic acids is 1. The molecule has 0 atom stereocenters. The Morgan fingerprint density at radius 1 is 1.16 bits per heavy atom. The maximum Gasteiger partial charge on any atom is 0.259 e. The number of aliphatic hydroxyl groups excluding tert-OH is 1. The number of halogens is 1. The van der Waals surface area contributed by atoms with Crippen LogP contribution in [-0.4, -0.2) is 16.1 Å². The van der Waals surface area contributed by atoms with Crippen molar-refractivity contribution in [1.82, 2.24) is 0 Å². The third-order valence-corrected chi connectivity index (χ3v) is 2.60. The zero-order valence-electron chi connectivity index (χ0n) is 9.93. The van der Waals surface area contributed by atoms with Crippen LogP contribution in [0.3, 0.4) is 0 Å². The van der Waals surface area contributed by atoms with Crippen LogP contribution in [0.5, 0.6) is 5.75 Å². The molecule has 0 saturated heterocycles. The molecule has 0 fully saturated rings. The number of aromatic hydroxyl groups is 1. The number of carbonyl (C=O) groups is 1. The van der Waals surface area contributed by atoms with Gasteiger partial charge in [0, 0.05) is 11.8 Å². The molecule has 0 spiro atoms. The second-order valence-electron chi connectivity index (χ2n) is 3.97. The number of aliphatic hydroxyl groups is 1. The summed E-state index contributed by atoms with van der Waals surface area (Å²) >= 11 is 0. The highest BCUT2D eigenvalue weighted by atomic mass is 19.1. The summed E-state index contributed by atoms with van der Waals surface area (Å²) in [5.74, 6) is -1.56. The molecule has 98 valence electrons. The van der Waals surface area contributed by atoms with E-state index in [4.69, 9.17) is 5.11 Å². The molecule has 0 aromatic heterocycles. The Morgan fingerprint density at radius 3 is 2.42 bits per heavy atom. The van der Waals surface area contributed by atoms with Crippen LogP contribution in [0.25, 0.3) is 0 Å². The first-order chi connectivity index (χ1) is 9.10.